The van der Waals surface area contributed by atoms with Crippen molar-refractivity contribution in [2.45, 2.75) is 38.3 Å². The van der Waals surface area contributed by atoms with Crippen LogP contribution in [0.25, 0.3) is 0 Å². The molecule has 1 atom stereocenters. The zero-order chi connectivity index (χ0) is 20.6. The van der Waals surface area contributed by atoms with Crippen molar-refractivity contribution in [2.24, 2.45) is 4.99 Å². The Labute approximate surface area is 172 Å². The van der Waals surface area contributed by atoms with Crippen molar-refractivity contribution in [2.75, 3.05) is 45.2 Å². The quantitative estimate of drug-likeness (QED) is 0.528. The summed E-state index contributed by atoms with van der Waals surface area (Å²) >= 11 is 0. The van der Waals surface area contributed by atoms with E-state index >= 15 is 0 Å². The van der Waals surface area contributed by atoms with Gasteiger partial charge < -0.3 is 25.2 Å². The molecular weight excluding hydrogens is 370 g/mol. The average molecular weight is 402 g/mol. The van der Waals surface area contributed by atoms with E-state index in [9.17, 15) is 9.59 Å². The third-order valence-electron chi connectivity index (χ3n) is 5.17. The zero-order valence-electron chi connectivity index (χ0n) is 17.3. The maximum absolute atomic E-state index is 11.9. The van der Waals surface area contributed by atoms with Gasteiger partial charge in [-0.25, -0.2) is 4.99 Å². The number of carbonyl (C=O) groups excluding carboxylic acids is 2. The van der Waals surface area contributed by atoms with E-state index in [0.29, 0.717) is 25.5 Å². The van der Waals surface area contributed by atoms with Crippen LogP contribution in [-0.4, -0.2) is 69.1 Å². The molecule has 8 nitrogen and oxygen atoms in total. The van der Waals surface area contributed by atoms with Crippen molar-refractivity contribution in [3.63, 3.8) is 0 Å². The molecular formula is C21H31N5O3. The summed E-state index contributed by atoms with van der Waals surface area (Å²) in [7, 11) is 3.46. The highest BCUT2D eigenvalue weighted by molar-refractivity contribution is 5.95. The molecule has 0 saturated carbocycles. The molecule has 2 fully saturated rings. The fourth-order valence-corrected chi connectivity index (χ4v) is 3.38. The number of likely N-dealkylation sites (N-methyl/N-ethyl adjacent to an activating group) is 1. The fourth-order valence-electron chi connectivity index (χ4n) is 3.38. The molecule has 2 saturated heterocycles. The average Bonchev–Trinajstić information content (AvgIpc) is 3.39. The van der Waals surface area contributed by atoms with Gasteiger partial charge >= 0.3 is 0 Å². The van der Waals surface area contributed by atoms with Crippen LogP contribution in [0.3, 0.4) is 0 Å². The highest BCUT2D eigenvalue weighted by Crippen LogP contribution is 2.21. The van der Waals surface area contributed by atoms with E-state index < -0.39 is 0 Å². The summed E-state index contributed by atoms with van der Waals surface area (Å²) in [5.41, 5.74) is 1.98. The number of ether oxygens (including phenoxy) is 1. The number of nitrogens with zero attached hydrogens (tertiary/aromatic N) is 3. The molecule has 1 aromatic rings. The van der Waals surface area contributed by atoms with Crippen LogP contribution in [0.1, 0.15) is 31.2 Å². The van der Waals surface area contributed by atoms with Gasteiger partial charge in [-0.05, 0) is 37.0 Å². The van der Waals surface area contributed by atoms with Crippen molar-refractivity contribution in [3.05, 3.63) is 29.8 Å². The first kappa shape index (κ1) is 21.1. The van der Waals surface area contributed by atoms with Gasteiger partial charge in [-0.1, -0.05) is 12.1 Å². The Bertz CT molecular complexity index is 726. The van der Waals surface area contributed by atoms with Crippen LogP contribution in [0.4, 0.5) is 5.69 Å². The number of hydrogen-bond acceptors (Lipinski definition) is 4. The lowest BCUT2D eigenvalue weighted by atomic mass is 10.2. The second-order valence-electron chi connectivity index (χ2n) is 7.64. The summed E-state index contributed by atoms with van der Waals surface area (Å²) in [5.74, 6) is 0.761. The summed E-state index contributed by atoms with van der Waals surface area (Å²) < 4.78 is 5.65. The van der Waals surface area contributed by atoms with Gasteiger partial charge in [-0.3, -0.25) is 9.59 Å². The monoisotopic (exact) mass is 401 g/mol. The maximum Gasteiger partial charge on any atom is 0.241 e. The second-order valence-corrected chi connectivity index (χ2v) is 7.64. The number of nitrogens with one attached hydrogen (secondary N) is 2. The summed E-state index contributed by atoms with van der Waals surface area (Å²) in [6.45, 7) is 2.91. The fraction of sp³-hybridized carbons (Fsp3) is 0.571. The van der Waals surface area contributed by atoms with Crippen LogP contribution >= 0.6 is 0 Å². The molecule has 2 aliphatic heterocycles. The Morgan fingerprint density at radius 3 is 2.66 bits per heavy atom. The van der Waals surface area contributed by atoms with Gasteiger partial charge in [0.2, 0.25) is 11.8 Å². The summed E-state index contributed by atoms with van der Waals surface area (Å²) in [4.78, 5) is 31.8. The van der Waals surface area contributed by atoms with Gasteiger partial charge in [0.1, 0.15) is 0 Å². The molecule has 0 bridgehead atoms. The van der Waals surface area contributed by atoms with Crippen LogP contribution in [0, 0.1) is 0 Å². The molecule has 1 aromatic carbocycles. The molecule has 158 valence electrons. The van der Waals surface area contributed by atoms with Gasteiger partial charge in [0, 0.05) is 45.9 Å². The highest BCUT2D eigenvalue weighted by atomic mass is 16.5. The van der Waals surface area contributed by atoms with E-state index in [-0.39, 0.29) is 24.5 Å². The first-order valence-corrected chi connectivity index (χ1v) is 10.3. The molecule has 29 heavy (non-hydrogen) atoms. The normalized spacial score (nSPS) is 19.5. The molecule has 2 aliphatic rings. The molecule has 3 rings (SSSR count). The van der Waals surface area contributed by atoms with Crippen molar-refractivity contribution >= 4 is 23.5 Å². The van der Waals surface area contributed by atoms with E-state index in [1.165, 1.54) is 0 Å². The lowest BCUT2D eigenvalue weighted by molar-refractivity contribution is -0.127. The number of benzene rings is 1. The largest absolute Gasteiger partial charge is 0.376 e. The highest BCUT2D eigenvalue weighted by Gasteiger charge is 2.21. The van der Waals surface area contributed by atoms with Crippen LogP contribution in [-0.2, 0) is 20.9 Å². The molecule has 1 unspecified atom stereocenters. The maximum atomic E-state index is 11.9. The first-order valence-electron chi connectivity index (χ1n) is 10.3. The van der Waals surface area contributed by atoms with E-state index in [2.05, 4.69) is 15.6 Å². The van der Waals surface area contributed by atoms with Gasteiger partial charge in [-0.2, -0.15) is 0 Å². The summed E-state index contributed by atoms with van der Waals surface area (Å²) in [5, 5.41) is 6.37. The van der Waals surface area contributed by atoms with Gasteiger partial charge in [0.25, 0.3) is 0 Å². The van der Waals surface area contributed by atoms with Gasteiger partial charge in [-0.15, -0.1) is 0 Å². The Morgan fingerprint density at radius 1 is 1.24 bits per heavy atom. The molecule has 0 spiro atoms. The van der Waals surface area contributed by atoms with E-state index in [4.69, 9.17) is 4.74 Å². The molecule has 8 heteroatoms. The van der Waals surface area contributed by atoms with E-state index in [1.54, 1.807) is 19.0 Å². The molecule has 2 N–H and O–H groups in total. The standard InChI is InChI=1S/C21H31N5O3/c1-25(2)20(28)15-24-21(23-14-18-5-4-12-29-18)22-13-16-7-9-17(10-8-16)26-11-3-6-19(26)27/h7-10,18H,3-6,11-15H2,1-2H3,(H2,22,23,24). The Hall–Kier alpha value is -2.61. The molecule has 2 amide bonds. The number of carbonyl (C=O) groups is 2. The minimum absolute atomic E-state index is 0.0174. The van der Waals surface area contributed by atoms with Crippen molar-refractivity contribution in [3.8, 4) is 0 Å². The van der Waals surface area contributed by atoms with Crippen LogP contribution in [0.2, 0.25) is 0 Å². The summed E-state index contributed by atoms with van der Waals surface area (Å²) in [6, 6.07) is 7.92. The third kappa shape index (κ3) is 6.19. The Balaban J connectivity index is 1.59. The van der Waals surface area contributed by atoms with Crippen LogP contribution in [0.5, 0.6) is 0 Å². The van der Waals surface area contributed by atoms with Crippen molar-refractivity contribution < 1.29 is 14.3 Å². The van der Waals surface area contributed by atoms with Gasteiger partial charge in [0.05, 0.1) is 19.2 Å². The smallest absolute Gasteiger partial charge is 0.241 e. The second kappa shape index (κ2) is 10.2. The number of hydrogen-bond donors (Lipinski definition) is 2. The predicted octanol–water partition coefficient (Wildman–Crippen LogP) is 1.12. The van der Waals surface area contributed by atoms with Crippen molar-refractivity contribution in [1.29, 1.82) is 0 Å². The predicted molar refractivity (Wildman–Crippen MR) is 113 cm³/mol. The minimum atomic E-state index is -0.0174. The SMILES string of the molecule is CN(C)C(=O)CNC(=NCc1ccc(N2CCCC2=O)cc1)NCC1CCCO1. The number of anilines is 1. The van der Waals surface area contributed by atoms with Crippen LogP contribution in [0.15, 0.2) is 29.3 Å². The molecule has 2 heterocycles. The number of aliphatic imine (C=N–C) groups is 1. The summed E-state index contributed by atoms with van der Waals surface area (Å²) in [6.07, 6.45) is 3.85. The van der Waals surface area contributed by atoms with E-state index in [1.807, 2.05) is 29.2 Å². The third-order valence-corrected chi connectivity index (χ3v) is 5.17. The topological polar surface area (TPSA) is 86.3 Å². The Morgan fingerprint density at radius 2 is 2.03 bits per heavy atom. The van der Waals surface area contributed by atoms with Crippen LogP contribution < -0.4 is 15.5 Å². The van der Waals surface area contributed by atoms with Gasteiger partial charge in [0.15, 0.2) is 5.96 Å². The molecule has 0 aromatic heterocycles. The molecule has 0 radical (unpaired) electrons. The zero-order valence-corrected chi connectivity index (χ0v) is 17.3. The lowest BCUT2D eigenvalue weighted by Crippen LogP contribution is -2.45. The number of rotatable bonds is 7. The lowest BCUT2D eigenvalue weighted by Gasteiger charge is -2.17. The first-order chi connectivity index (χ1) is 14.0. The minimum Gasteiger partial charge on any atom is -0.376 e. The number of amides is 2. The molecule has 0 aliphatic carbocycles. The van der Waals surface area contributed by atoms with Crippen molar-refractivity contribution in [1.82, 2.24) is 15.5 Å². The Kier molecular flexibility index (Phi) is 7.46. The number of guanidine groups is 1. The van der Waals surface area contributed by atoms with E-state index in [0.717, 1.165) is 43.7 Å².